The lowest BCUT2D eigenvalue weighted by Crippen LogP contribution is -2.00. The van der Waals surface area contributed by atoms with Gasteiger partial charge in [-0.2, -0.15) is 8.42 Å². The Balaban J connectivity index is 1.61. The first-order valence-corrected chi connectivity index (χ1v) is 13.2. The number of rotatable bonds is 5. The number of anilines is 2. The van der Waals surface area contributed by atoms with Crippen LogP contribution in [0.4, 0.5) is 11.4 Å². The third-order valence-corrected chi connectivity index (χ3v) is 7.65. The highest BCUT2D eigenvalue weighted by Crippen LogP contribution is 2.35. The zero-order valence-electron chi connectivity index (χ0n) is 19.2. The van der Waals surface area contributed by atoms with Gasteiger partial charge in [-0.05, 0) is 67.1 Å². The van der Waals surface area contributed by atoms with Gasteiger partial charge < -0.3 is 11.5 Å². The molecule has 0 radical (unpaired) electrons. The van der Waals surface area contributed by atoms with Crippen LogP contribution in [0.1, 0.15) is 5.56 Å². The van der Waals surface area contributed by atoms with E-state index in [0.29, 0.717) is 38.6 Å². The molecule has 0 aliphatic heterocycles. The number of nitrogen functional groups attached to an aromatic ring is 2. The minimum absolute atomic E-state index is 0.105. The molecule has 0 fully saturated rings. The molecule has 0 saturated heterocycles. The quantitative estimate of drug-likeness (QED) is 0.197. The average Bonchev–Trinajstić information content (AvgIpc) is 2.85. The molecule has 0 spiro atoms. The third-order valence-electron chi connectivity index (χ3n) is 5.68. The van der Waals surface area contributed by atoms with Gasteiger partial charge in [0.1, 0.15) is 0 Å². The Morgan fingerprint density at radius 2 is 1.19 bits per heavy atom. The topological polar surface area (TPSA) is 132 Å². The molecule has 1 aromatic heterocycles. The van der Waals surface area contributed by atoms with E-state index in [1.54, 1.807) is 13.0 Å². The van der Waals surface area contributed by atoms with Crippen molar-refractivity contribution >= 4 is 44.3 Å². The Hall–Kier alpha value is -3.92. The van der Waals surface area contributed by atoms with Crippen LogP contribution in [-0.4, -0.2) is 22.9 Å². The van der Waals surface area contributed by atoms with Crippen molar-refractivity contribution < 1.29 is 13.0 Å². The highest BCUT2D eigenvalue weighted by molar-refractivity contribution is 7.99. The van der Waals surface area contributed by atoms with Crippen molar-refractivity contribution in [2.75, 3.05) is 11.5 Å². The fourth-order valence-corrected chi connectivity index (χ4v) is 5.56. The average molecular weight is 515 g/mol. The van der Waals surface area contributed by atoms with Crippen molar-refractivity contribution in [3.05, 3.63) is 90.5 Å². The first kappa shape index (κ1) is 23.8. The zero-order chi connectivity index (χ0) is 25.4. The van der Waals surface area contributed by atoms with Gasteiger partial charge in [0.05, 0.1) is 27.3 Å². The molecule has 0 amide bonds. The number of aryl methyl sites for hydroxylation is 1. The molecule has 0 bridgehead atoms. The van der Waals surface area contributed by atoms with Crippen molar-refractivity contribution in [3.63, 3.8) is 0 Å². The largest absolute Gasteiger partial charge is 0.399 e. The molecule has 0 atom stereocenters. The normalized spacial score (nSPS) is 11.6. The number of nitrogens with two attached hydrogens (primary N) is 2. The number of benzene rings is 4. The molecule has 0 aliphatic rings. The first-order chi connectivity index (χ1) is 17.2. The molecule has 7 nitrogen and oxygen atoms in total. The summed E-state index contributed by atoms with van der Waals surface area (Å²) in [5, 5.41) is 0. The highest BCUT2D eigenvalue weighted by Gasteiger charge is 2.16. The summed E-state index contributed by atoms with van der Waals surface area (Å²) in [5.41, 5.74) is 18.2. The van der Waals surface area contributed by atoms with Gasteiger partial charge in [-0.25, -0.2) is 9.97 Å². The number of fused-ring (bicyclic) bond motifs is 1. The predicted molar refractivity (Wildman–Crippen MR) is 144 cm³/mol. The molecular formula is C27H22N4O3S2. The minimum atomic E-state index is -4.31. The molecule has 0 unspecified atom stereocenters. The number of hydrogen-bond donors (Lipinski definition) is 3. The number of hydrogen-bond acceptors (Lipinski definition) is 7. The number of aromatic nitrogens is 2. The molecule has 5 N–H and O–H groups in total. The van der Waals surface area contributed by atoms with Gasteiger partial charge in [-0.1, -0.05) is 42.1 Å². The predicted octanol–water partition coefficient (Wildman–Crippen LogP) is 5.83. The standard InChI is InChI=1S/C27H22N4O3S2/c1-16-2-11-22(15-25(16)36(32,33)34)35-21-12-13-23-24(14-21)31-27(18-5-9-20(29)10-6-18)26(30-23)17-3-7-19(28)8-4-17/h2-15H,28-29H2,1H3,(H,32,33,34). The molecule has 0 aliphatic carbocycles. The number of nitrogens with zero attached hydrogens (tertiary/aromatic N) is 2. The molecular weight excluding hydrogens is 492 g/mol. The summed E-state index contributed by atoms with van der Waals surface area (Å²) in [6.07, 6.45) is 0. The molecule has 180 valence electrons. The van der Waals surface area contributed by atoms with Gasteiger partial charge in [-0.3, -0.25) is 4.55 Å². The van der Waals surface area contributed by atoms with Crippen LogP contribution < -0.4 is 11.5 Å². The molecule has 5 rings (SSSR count). The van der Waals surface area contributed by atoms with E-state index in [9.17, 15) is 13.0 Å². The molecule has 4 aromatic carbocycles. The van der Waals surface area contributed by atoms with Crippen molar-refractivity contribution in [1.29, 1.82) is 0 Å². The van der Waals surface area contributed by atoms with Gasteiger partial charge in [0.25, 0.3) is 10.1 Å². The van der Waals surface area contributed by atoms with Gasteiger partial charge >= 0.3 is 0 Å². The van der Waals surface area contributed by atoms with Gasteiger partial charge in [-0.15, -0.1) is 0 Å². The summed E-state index contributed by atoms with van der Waals surface area (Å²) >= 11 is 1.37. The lowest BCUT2D eigenvalue weighted by atomic mass is 10.0. The van der Waals surface area contributed by atoms with Crippen molar-refractivity contribution in [2.45, 2.75) is 21.6 Å². The van der Waals surface area contributed by atoms with Gasteiger partial charge in [0, 0.05) is 32.3 Å². The Kier molecular flexibility index (Phi) is 6.13. The Labute approximate surface area is 213 Å². The maximum atomic E-state index is 11.7. The van der Waals surface area contributed by atoms with Crippen LogP contribution in [-0.2, 0) is 10.1 Å². The lowest BCUT2D eigenvalue weighted by molar-refractivity contribution is 0.482. The maximum Gasteiger partial charge on any atom is 0.294 e. The van der Waals surface area contributed by atoms with Crippen LogP contribution in [0, 0.1) is 6.92 Å². The fraction of sp³-hybridized carbons (Fsp3) is 0.0370. The molecule has 36 heavy (non-hydrogen) atoms. The van der Waals surface area contributed by atoms with E-state index in [-0.39, 0.29) is 4.90 Å². The molecule has 5 aromatic rings. The van der Waals surface area contributed by atoms with Crippen LogP contribution in [0.3, 0.4) is 0 Å². The second kappa shape index (κ2) is 9.27. The van der Waals surface area contributed by atoms with E-state index in [1.165, 1.54) is 17.8 Å². The van der Waals surface area contributed by atoms with Crippen molar-refractivity contribution in [2.24, 2.45) is 0 Å². The van der Waals surface area contributed by atoms with Crippen LogP contribution >= 0.6 is 11.8 Å². The summed E-state index contributed by atoms with van der Waals surface area (Å²) in [7, 11) is -4.31. The summed E-state index contributed by atoms with van der Waals surface area (Å²) < 4.78 is 32.9. The van der Waals surface area contributed by atoms with E-state index < -0.39 is 10.1 Å². The van der Waals surface area contributed by atoms with Crippen molar-refractivity contribution in [1.82, 2.24) is 9.97 Å². The Morgan fingerprint density at radius 1 is 0.694 bits per heavy atom. The summed E-state index contributed by atoms with van der Waals surface area (Å²) in [6.45, 7) is 1.64. The van der Waals surface area contributed by atoms with Crippen LogP contribution in [0.5, 0.6) is 0 Å². The SMILES string of the molecule is Cc1ccc(Sc2ccc3nc(-c4ccc(N)cc4)c(-c4ccc(N)cc4)nc3c2)cc1S(=O)(=O)O. The third kappa shape index (κ3) is 4.90. The van der Waals surface area contributed by atoms with Crippen LogP contribution in [0.2, 0.25) is 0 Å². The van der Waals surface area contributed by atoms with Crippen molar-refractivity contribution in [3.8, 4) is 22.5 Å². The van der Waals surface area contributed by atoms with Crippen LogP contribution in [0.15, 0.2) is 99.6 Å². The van der Waals surface area contributed by atoms with E-state index in [0.717, 1.165) is 21.7 Å². The summed E-state index contributed by atoms with van der Waals surface area (Å²) in [6, 6.07) is 25.6. The molecule has 9 heteroatoms. The van der Waals surface area contributed by atoms with Gasteiger partial charge in [0.15, 0.2) is 0 Å². The van der Waals surface area contributed by atoms with E-state index >= 15 is 0 Å². The zero-order valence-corrected chi connectivity index (χ0v) is 20.8. The van der Waals surface area contributed by atoms with E-state index in [1.807, 2.05) is 72.8 Å². The first-order valence-electron chi connectivity index (χ1n) is 11.0. The maximum absolute atomic E-state index is 11.7. The fourth-order valence-electron chi connectivity index (χ4n) is 3.84. The monoisotopic (exact) mass is 514 g/mol. The lowest BCUT2D eigenvalue weighted by Gasteiger charge is -2.12. The Morgan fingerprint density at radius 3 is 1.75 bits per heavy atom. The van der Waals surface area contributed by atoms with Gasteiger partial charge in [0.2, 0.25) is 0 Å². The molecule has 0 saturated carbocycles. The summed E-state index contributed by atoms with van der Waals surface area (Å²) in [4.78, 5) is 11.3. The van der Waals surface area contributed by atoms with E-state index in [4.69, 9.17) is 21.4 Å². The van der Waals surface area contributed by atoms with E-state index in [2.05, 4.69) is 0 Å². The van der Waals surface area contributed by atoms with Crippen LogP contribution in [0.25, 0.3) is 33.5 Å². The highest BCUT2D eigenvalue weighted by atomic mass is 32.2. The minimum Gasteiger partial charge on any atom is -0.399 e. The Bertz CT molecular complexity index is 1700. The smallest absolute Gasteiger partial charge is 0.294 e. The second-order valence-electron chi connectivity index (χ2n) is 8.32. The summed E-state index contributed by atoms with van der Waals surface area (Å²) in [5.74, 6) is 0. The molecule has 1 heterocycles. The second-order valence-corrected chi connectivity index (χ2v) is 10.9.